The van der Waals surface area contributed by atoms with Gasteiger partial charge in [0.25, 0.3) is 0 Å². The van der Waals surface area contributed by atoms with Gasteiger partial charge in [-0.05, 0) is 12.1 Å². The van der Waals surface area contributed by atoms with Gasteiger partial charge in [0.15, 0.2) is 11.5 Å². The van der Waals surface area contributed by atoms with Crippen molar-refractivity contribution in [2.24, 2.45) is 0 Å². The minimum Gasteiger partial charge on any atom is -0.486 e. The van der Waals surface area contributed by atoms with E-state index < -0.39 is 0 Å². The Kier molecular flexibility index (Phi) is 2.90. The van der Waals surface area contributed by atoms with E-state index in [4.69, 9.17) is 19.2 Å². The van der Waals surface area contributed by atoms with Crippen LogP contribution >= 0.6 is 0 Å². The minimum atomic E-state index is 0.0931. The van der Waals surface area contributed by atoms with E-state index >= 15 is 0 Å². The lowest BCUT2D eigenvalue weighted by Crippen LogP contribution is -2.15. The molecule has 7 nitrogen and oxygen atoms in total. The number of rotatable bonds is 3. The van der Waals surface area contributed by atoms with Crippen LogP contribution in [0.25, 0.3) is 0 Å². The van der Waals surface area contributed by atoms with Crippen LogP contribution in [0.4, 0.5) is 11.7 Å². The Morgan fingerprint density at radius 2 is 2.05 bits per heavy atom. The molecule has 0 spiro atoms. The summed E-state index contributed by atoms with van der Waals surface area (Å²) in [7, 11) is 0. The summed E-state index contributed by atoms with van der Waals surface area (Å²) in [5.74, 6) is 1.67. The van der Waals surface area contributed by atoms with Crippen LogP contribution in [0, 0.1) is 11.3 Å². The quantitative estimate of drug-likeness (QED) is 0.894. The lowest BCUT2D eigenvalue weighted by atomic mass is 10.2. The van der Waals surface area contributed by atoms with Crippen molar-refractivity contribution in [2.75, 3.05) is 18.5 Å². The van der Waals surface area contributed by atoms with Crippen LogP contribution in [0.3, 0.4) is 0 Å². The maximum absolute atomic E-state index is 8.52. The molecule has 1 aliphatic rings. The first-order valence-electron chi connectivity index (χ1n) is 5.71. The van der Waals surface area contributed by atoms with Gasteiger partial charge in [-0.15, -0.1) is 5.10 Å². The van der Waals surface area contributed by atoms with Crippen LogP contribution in [-0.4, -0.2) is 23.4 Å². The van der Waals surface area contributed by atoms with Gasteiger partial charge in [0, 0.05) is 11.8 Å². The molecule has 1 N–H and O–H groups in total. The zero-order valence-corrected chi connectivity index (χ0v) is 9.92. The molecule has 2 aromatic rings. The number of aromatic nitrogens is 2. The second kappa shape index (κ2) is 4.86. The van der Waals surface area contributed by atoms with Crippen molar-refractivity contribution in [3.8, 4) is 17.6 Å². The summed E-state index contributed by atoms with van der Waals surface area (Å²) >= 11 is 0. The number of hydrogen-bond acceptors (Lipinski definition) is 7. The van der Waals surface area contributed by atoms with Crippen molar-refractivity contribution >= 4 is 11.7 Å². The first kappa shape index (κ1) is 11.3. The van der Waals surface area contributed by atoms with Gasteiger partial charge >= 0.3 is 6.01 Å². The van der Waals surface area contributed by atoms with E-state index in [2.05, 4.69) is 15.5 Å². The summed E-state index contributed by atoms with van der Waals surface area (Å²) in [6.45, 7) is 1.09. The van der Waals surface area contributed by atoms with Crippen LogP contribution in [0.15, 0.2) is 22.6 Å². The number of ether oxygens (including phenoxy) is 2. The van der Waals surface area contributed by atoms with Gasteiger partial charge in [-0.3, -0.25) is 0 Å². The molecule has 0 bridgehead atoms. The van der Waals surface area contributed by atoms with E-state index in [0.717, 1.165) is 5.69 Å². The van der Waals surface area contributed by atoms with Crippen molar-refractivity contribution < 1.29 is 13.9 Å². The monoisotopic (exact) mass is 258 g/mol. The highest BCUT2D eigenvalue weighted by molar-refractivity contribution is 5.59. The number of nitrogens with one attached hydrogen (secondary N) is 1. The molecule has 1 aliphatic heterocycles. The number of hydrogen-bond donors (Lipinski definition) is 1. The largest absolute Gasteiger partial charge is 0.486 e. The molecule has 0 atom stereocenters. The smallest absolute Gasteiger partial charge is 0.320 e. The van der Waals surface area contributed by atoms with Crippen molar-refractivity contribution in [1.82, 2.24) is 10.2 Å². The van der Waals surface area contributed by atoms with Gasteiger partial charge in [0.2, 0.25) is 5.89 Å². The third-order valence-electron chi connectivity index (χ3n) is 2.49. The maximum atomic E-state index is 8.52. The van der Waals surface area contributed by atoms with Crippen molar-refractivity contribution in [3.63, 3.8) is 0 Å². The van der Waals surface area contributed by atoms with Crippen LogP contribution in [-0.2, 0) is 6.42 Å². The molecule has 0 unspecified atom stereocenters. The summed E-state index contributed by atoms with van der Waals surface area (Å²) in [6, 6.07) is 7.60. The predicted octanol–water partition coefficient (Wildman–Crippen LogP) is 1.65. The second-order valence-corrected chi connectivity index (χ2v) is 3.82. The van der Waals surface area contributed by atoms with Crippen LogP contribution in [0.5, 0.6) is 11.5 Å². The fourth-order valence-electron chi connectivity index (χ4n) is 1.69. The summed E-state index contributed by atoms with van der Waals surface area (Å²) in [6.07, 6.45) is 0.0931. The van der Waals surface area contributed by atoms with Crippen molar-refractivity contribution in [3.05, 3.63) is 24.1 Å². The molecule has 0 aliphatic carbocycles. The molecule has 3 rings (SSSR count). The molecule has 1 aromatic heterocycles. The Morgan fingerprint density at radius 3 is 2.89 bits per heavy atom. The van der Waals surface area contributed by atoms with E-state index in [1.807, 2.05) is 18.2 Å². The average molecular weight is 258 g/mol. The Morgan fingerprint density at radius 1 is 1.21 bits per heavy atom. The Balaban J connectivity index is 1.77. The average Bonchev–Trinajstić information content (AvgIpc) is 2.86. The van der Waals surface area contributed by atoms with Crippen molar-refractivity contribution in [1.29, 1.82) is 5.26 Å². The molecule has 7 heteroatoms. The third-order valence-corrected chi connectivity index (χ3v) is 2.49. The third kappa shape index (κ3) is 2.42. The lowest BCUT2D eigenvalue weighted by molar-refractivity contribution is 0.171. The normalized spacial score (nSPS) is 12.8. The lowest BCUT2D eigenvalue weighted by Gasteiger charge is -2.18. The summed E-state index contributed by atoms with van der Waals surface area (Å²) < 4.78 is 16.1. The summed E-state index contributed by atoms with van der Waals surface area (Å²) in [5, 5.41) is 19.0. The molecule has 19 heavy (non-hydrogen) atoms. The van der Waals surface area contributed by atoms with Gasteiger partial charge in [0.1, 0.15) is 19.6 Å². The maximum Gasteiger partial charge on any atom is 0.320 e. The van der Waals surface area contributed by atoms with Crippen molar-refractivity contribution in [2.45, 2.75) is 6.42 Å². The minimum absolute atomic E-state index is 0.0931. The molecule has 1 aromatic carbocycles. The molecular weight excluding hydrogens is 248 g/mol. The predicted molar refractivity (Wildman–Crippen MR) is 64.3 cm³/mol. The second-order valence-electron chi connectivity index (χ2n) is 3.82. The molecule has 2 heterocycles. The molecule has 0 saturated carbocycles. The first-order chi connectivity index (χ1) is 9.35. The Labute approximate surface area is 108 Å². The van der Waals surface area contributed by atoms with Gasteiger partial charge in [-0.2, -0.15) is 5.26 Å². The molecule has 0 radical (unpaired) electrons. The zero-order valence-electron chi connectivity index (χ0n) is 9.92. The highest BCUT2D eigenvalue weighted by Gasteiger charge is 2.13. The number of anilines is 2. The van der Waals surface area contributed by atoms with Gasteiger partial charge in [-0.1, -0.05) is 5.10 Å². The van der Waals surface area contributed by atoms with Crippen LogP contribution < -0.4 is 14.8 Å². The molecule has 0 fully saturated rings. The van der Waals surface area contributed by atoms with E-state index in [9.17, 15) is 0 Å². The van der Waals surface area contributed by atoms with E-state index in [1.165, 1.54) is 0 Å². The van der Waals surface area contributed by atoms with Gasteiger partial charge in [-0.25, -0.2) is 0 Å². The van der Waals surface area contributed by atoms with Gasteiger partial charge < -0.3 is 19.2 Å². The fourth-order valence-corrected chi connectivity index (χ4v) is 1.69. The SMILES string of the molecule is N#CCc1nnc(Nc2ccc3c(c2)OCCO3)o1. The Hall–Kier alpha value is -2.75. The highest BCUT2D eigenvalue weighted by atomic mass is 16.6. The molecular formula is C12H10N4O3. The van der Waals surface area contributed by atoms with Crippen LogP contribution in [0.1, 0.15) is 5.89 Å². The molecule has 96 valence electrons. The molecule has 0 saturated heterocycles. The fraction of sp³-hybridized carbons (Fsp3) is 0.250. The zero-order chi connectivity index (χ0) is 13.1. The van der Waals surface area contributed by atoms with E-state index in [1.54, 1.807) is 6.07 Å². The number of fused-ring (bicyclic) bond motifs is 1. The standard InChI is InChI=1S/C12H10N4O3/c13-4-3-11-15-16-12(19-11)14-8-1-2-9-10(7-8)18-6-5-17-9/h1-2,7H,3,5-6H2,(H,14,16). The number of benzene rings is 1. The van der Waals surface area contributed by atoms with E-state index in [0.29, 0.717) is 24.7 Å². The molecule has 0 amide bonds. The summed E-state index contributed by atoms with van der Waals surface area (Å²) in [4.78, 5) is 0. The first-order valence-corrected chi connectivity index (χ1v) is 5.71. The highest BCUT2D eigenvalue weighted by Crippen LogP contribution is 2.33. The number of nitriles is 1. The summed E-state index contributed by atoms with van der Waals surface area (Å²) in [5.41, 5.74) is 0.747. The topological polar surface area (TPSA) is 93.2 Å². The van der Waals surface area contributed by atoms with Gasteiger partial charge in [0.05, 0.1) is 6.07 Å². The van der Waals surface area contributed by atoms with E-state index in [-0.39, 0.29) is 18.3 Å². The number of nitrogens with zero attached hydrogens (tertiary/aromatic N) is 3. The van der Waals surface area contributed by atoms with Crippen LogP contribution in [0.2, 0.25) is 0 Å². The Bertz CT molecular complexity index is 632.